The lowest BCUT2D eigenvalue weighted by atomic mass is 10.3. The van der Waals surface area contributed by atoms with Crippen LogP contribution in [0.2, 0.25) is 0 Å². The van der Waals surface area contributed by atoms with Crippen molar-refractivity contribution in [3.05, 3.63) is 22.4 Å². The van der Waals surface area contributed by atoms with Crippen molar-refractivity contribution >= 4 is 11.3 Å². The minimum atomic E-state index is 0.919. The zero-order valence-electron chi connectivity index (χ0n) is 8.03. The first-order valence-electron chi connectivity index (χ1n) is 4.72. The highest BCUT2D eigenvalue weighted by Crippen LogP contribution is 2.17. The molecular weight excluding hydrogens is 182 g/mol. The van der Waals surface area contributed by atoms with Gasteiger partial charge in [-0.25, -0.2) is 0 Å². The molecule has 1 fully saturated rings. The summed E-state index contributed by atoms with van der Waals surface area (Å²) < 4.78 is 6.51. The molecule has 0 N–H and O–H groups in total. The molecule has 1 aromatic rings. The topological polar surface area (TPSA) is 9.23 Å². The van der Waals surface area contributed by atoms with E-state index >= 15 is 0 Å². The first kappa shape index (κ1) is 9.19. The fraction of sp³-hybridized carbons (Fsp3) is 0.600. The average Bonchev–Trinajstić information content (AvgIpc) is 2.57. The molecule has 2 heterocycles. The van der Waals surface area contributed by atoms with E-state index in [9.17, 15) is 0 Å². The van der Waals surface area contributed by atoms with Crippen LogP contribution in [0.15, 0.2) is 17.5 Å². The molecule has 0 atom stereocenters. The third-order valence-corrected chi connectivity index (χ3v) is 3.53. The summed E-state index contributed by atoms with van der Waals surface area (Å²) in [5.41, 5.74) is 0. The minimum Gasteiger partial charge on any atom is -0.370 e. The number of morpholine rings is 1. The maximum absolute atomic E-state index is 5.37. The molecule has 0 aromatic carbocycles. The molecular formula is C10H16NOS+. The Labute approximate surface area is 83.3 Å². The van der Waals surface area contributed by atoms with Crippen LogP contribution in [0.1, 0.15) is 4.88 Å². The van der Waals surface area contributed by atoms with E-state index in [-0.39, 0.29) is 0 Å². The maximum Gasteiger partial charge on any atom is 0.114 e. The SMILES string of the molecule is C[N+]1(Cc2cccs2)CCOCC1. The number of thiophene rings is 1. The minimum absolute atomic E-state index is 0.919. The van der Waals surface area contributed by atoms with Crippen molar-refractivity contribution in [1.82, 2.24) is 0 Å². The Morgan fingerprint density at radius 2 is 2.23 bits per heavy atom. The highest BCUT2D eigenvalue weighted by molar-refractivity contribution is 7.09. The van der Waals surface area contributed by atoms with E-state index in [1.165, 1.54) is 11.4 Å². The first-order valence-corrected chi connectivity index (χ1v) is 5.60. The van der Waals surface area contributed by atoms with Crippen LogP contribution in [0.25, 0.3) is 0 Å². The number of rotatable bonds is 2. The van der Waals surface area contributed by atoms with Gasteiger partial charge in [0.05, 0.1) is 25.1 Å². The van der Waals surface area contributed by atoms with Crippen LogP contribution in [0, 0.1) is 0 Å². The molecule has 0 spiro atoms. The number of ether oxygens (including phenoxy) is 1. The molecule has 1 aliphatic heterocycles. The van der Waals surface area contributed by atoms with E-state index in [2.05, 4.69) is 24.6 Å². The van der Waals surface area contributed by atoms with Gasteiger partial charge in [0.1, 0.15) is 19.6 Å². The molecule has 0 bridgehead atoms. The molecule has 1 aromatic heterocycles. The Hall–Kier alpha value is -0.380. The molecule has 0 aliphatic carbocycles. The van der Waals surface area contributed by atoms with Gasteiger partial charge in [-0.2, -0.15) is 0 Å². The first-order chi connectivity index (χ1) is 6.29. The quantitative estimate of drug-likeness (QED) is 0.658. The van der Waals surface area contributed by atoms with Gasteiger partial charge < -0.3 is 9.22 Å². The van der Waals surface area contributed by atoms with Crippen molar-refractivity contribution in [3.63, 3.8) is 0 Å². The normalized spacial score (nSPS) is 21.6. The second-order valence-electron chi connectivity index (χ2n) is 3.92. The van der Waals surface area contributed by atoms with Crippen molar-refractivity contribution in [2.24, 2.45) is 0 Å². The van der Waals surface area contributed by atoms with Gasteiger partial charge in [-0.3, -0.25) is 0 Å². The Morgan fingerprint density at radius 1 is 1.46 bits per heavy atom. The summed E-state index contributed by atoms with van der Waals surface area (Å²) in [6.45, 7) is 5.31. The lowest BCUT2D eigenvalue weighted by molar-refractivity contribution is -0.929. The smallest absolute Gasteiger partial charge is 0.114 e. The van der Waals surface area contributed by atoms with Crippen molar-refractivity contribution in [2.45, 2.75) is 6.54 Å². The number of nitrogens with zero attached hydrogens (tertiary/aromatic N) is 1. The van der Waals surface area contributed by atoms with Gasteiger partial charge in [-0.15, -0.1) is 11.3 Å². The Balaban J connectivity index is 1.99. The second kappa shape index (κ2) is 3.78. The lowest BCUT2D eigenvalue weighted by Crippen LogP contribution is -2.50. The number of hydrogen-bond acceptors (Lipinski definition) is 2. The van der Waals surface area contributed by atoms with Crippen molar-refractivity contribution in [1.29, 1.82) is 0 Å². The van der Waals surface area contributed by atoms with E-state index < -0.39 is 0 Å². The molecule has 0 saturated carbocycles. The van der Waals surface area contributed by atoms with Gasteiger partial charge >= 0.3 is 0 Å². The molecule has 1 aliphatic rings. The summed E-state index contributed by atoms with van der Waals surface area (Å²) in [6.07, 6.45) is 0. The van der Waals surface area contributed by atoms with Gasteiger partial charge in [0.15, 0.2) is 0 Å². The lowest BCUT2D eigenvalue weighted by Gasteiger charge is -2.37. The second-order valence-corrected chi connectivity index (χ2v) is 4.95. The predicted octanol–water partition coefficient (Wildman–Crippen LogP) is 1.72. The number of quaternary nitrogens is 1. The third kappa shape index (κ3) is 2.30. The molecule has 0 radical (unpaired) electrons. The standard InChI is InChI=1S/C10H16NOS/c1-11(4-6-12-7-5-11)9-10-3-2-8-13-10/h2-3,8H,4-7,9H2,1H3/q+1. The highest BCUT2D eigenvalue weighted by Gasteiger charge is 2.25. The summed E-state index contributed by atoms with van der Waals surface area (Å²) in [5, 5.41) is 2.15. The number of hydrogen-bond donors (Lipinski definition) is 0. The van der Waals surface area contributed by atoms with Crippen molar-refractivity contribution in [2.75, 3.05) is 33.4 Å². The van der Waals surface area contributed by atoms with Gasteiger partial charge in [0.2, 0.25) is 0 Å². The summed E-state index contributed by atoms with van der Waals surface area (Å²) in [4.78, 5) is 1.49. The molecule has 2 rings (SSSR count). The maximum atomic E-state index is 5.37. The molecule has 1 saturated heterocycles. The average molecular weight is 198 g/mol. The largest absolute Gasteiger partial charge is 0.370 e. The number of likely N-dealkylation sites (N-methyl/N-ethyl adjacent to an activating group) is 1. The van der Waals surface area contributed by atoms with Crippen LogP contribution in [0.5, 0.6) is 0 Å². The summed E-state index contributed by atoms with van der Waals surface area (Å²) in [5.74, 6) is 0. The third-order valence-electron chi connectivity index (χ3n) is 2.67. The molecule has 72 valence electrons. The van der Waals surface area contributed by atoms with Gasteiger partial charge in [-0.1, -0.05) is 6.07 Å². The fourth-order valence-corrected chi connectivity index (χ4v) is 2.60. The van der Waals surface area contributed by atoms with Crippen LogP contribution in [0.3, 0.4) is 0 Å². The van der Waals surface area contributed by atoms with Crippen LogP contribution in [0.4, 0.5) is 0 Å². The van der Waals surface area contributed by atoms with Gasteiger partial charge in [-0.05, 0) is 11.4 Å². The molecule has 0 unspecified atom stereocenters. The van der Waals surface area contributed by atoms with Gasteiger partial charge in [0, 0.05) is 0 Å². The zero-order valence-corrected chi connectivity index (χ0v) is 8.85. The molecule has 0 amide bonds. The summed E-state index contributed by atoms with van der Waals surface area (Å²) >= 11 is 1.86. The van der Waals surface area contributed by atoms with E-state index in [0.717, 1.165) is 30.8 Å². The van der Waals surface area contributed by atoms with Crippen LogP contribution in [-0.4, -0.2) is 37.8 Å². The summed E-state index contributed by atoms with van der Waals surface area (Å²) in [7, 11) is 2.32. The Kier molecular flexibility index (Phi) is 2.67. The van der Waals surface area contributed by atoms with Gasteiger partial charge in [0.25, 0.3) is 0 Å². The van der Waals surface area contributed by atoms with E-state index in [1.807, 2.05) is 11.3 Å². The van der Waals surface area contributed by atoms with E-state index in [1.54, 1.807) is 0 Å². The van der Waals surface area contributed by atoms with Crippen molar-refractivity contribution in [3.8, 4) is 0 Å². The molecule has 3 heteroatoms. The Bertz CT molecular complexity index is 252. The van der Waals surface area contributed by atoms with Crippen molar-refractivity contribution < 1.29 is 9.22 Å². The molecule has 2 nitrogen and oxygen atoms in total. The van der Waals surface area contributed by atoms with Crippen LogP contribution >= 0.6 is 11.3 Å². The Morgan fingerprint density at radius 3 is 2.85 bits per heavy atom. The van der Waals surface area contributed by atoms with Crippen LogP contribution in [-0.2, 0) is 11.3 Å². The highest BCUT2D eigenvalue weighted by atomic mass is 32.1. The monoisotopic (exact) mass is 198 g/mol. The predicted molar refractivity (Wildman–Crippen MR) is 54.8 cm³/mol. The summed E-state index contributed by atoms with van der Waals surface area (Å²) in [6, 6.07) is 4.36. The zero-order chi connectivity index (χ0) is 9.15. The van der Waals surface area contributed by atoms with E-state index in [4.69, 9.17) is 4.74 Å². The fourth-order valence-electron chi connectivity index (χ4n) is 1.72. The van der Waals surface area contributed by atoms with E-state index in [0.29, 0.717) is 0 Å². The van der Waals surface area contributed by atoms with Crippen LogP contribution < -0.4 is 0 Å². The molecule has 13 heavy (non-hydrogen) atoms.